The molecule has 0 bridgehead atoms. The van der Waals surface area contributed by atoms with Crippen LogP contribution in [0.15, 0.2) is 0 Å². The Balaban J connectivity index is 2.47. The van der Waals surface area contributed by atoms with Gasteiger partial charge in [0.25, 0.3) is 0 Å². The molecule has 1 rings (SSSR count). The van der Waals surface area contributed by atoms with Crippen LogP contribution in [0.3, 0.4) is 0 Å². The third kappa shape index (κ3) is 6.33. The van der Waals surface area contributed by atoms with Crippen molar-refractivity contribution in [1.82, 2.24) is 10.2 Å². The van der Waals surface area contributed by atoms with Crippen LogP contribution < -0.4 is 5.32 Å². The minimum Gasteiger partial charge on any atom is -0.466 e. The standard InChI is InChI=1S/C14H25N3O3/c1-2-20-14(19)9-12-8-13(16-5-3-7-18)11-17(10-12)6-4-15/h12-13,16,18H,2-3,5-11H2,1H3. The molecule has 1 aliphatic rings. The van der Waals surface area contributed by atoms with E-state index in [1.165, 1.54) is 0 Å². The predicted octanol–water partition coefficient (Wildman–Crippen LogP) is 0.126. The molecule has 1 saturated heterocycles. The molecule has 20 heavy (non-hydrogen) atoms. The summed E-state index contributed by atoms with van der Waals surface area (Å²) in [6.07, 6.45) is 2.04. The van der Waals surface area contributed by atoms with Crippen molar-refractivity contribution in [3.05, 3.63) is 0 Å². The average Bonchev–Trinajstić information content (AvgIpc) is 2.39. The van der Waals surface area contributed by atoms with Crippen LogP contribution in [0.2, 0.25) is 0 Å². The molecule has 2 N–H and O–H groups in total. The topological polar surface area (TPSA) is 85.6 Å². The highest BCUT2D eigenvalue weighted by Gasteiger charge is 2.28. The molecule has 1 heterocycles. The average molecular weight is 283 g/mol. The Morgan fingerprint density at radius 3 is 3.00 bits per heavy atom. The van der Waals surface area contributed by atoms with Gasteiger partial charge < -0.3 is 15.2 Å². The number of aliphatic hydroxyl groups is 1. The SMILES string of the molecule is CCOC(=O)CC1CC(NCCCO)CN(CC#N)C1. The van der Waals surface area contributed by atoms with Crippen molar-refractivity contribution >= 4 is 5.97 Å². The summed E-state index contributed by atoms with van der Waals surface area (Å²) in [5.74, 6) is 0.0631. The van der Waals surface area contributed by atoms with Gasteiger partial charge in [0, 0.05) is 32.2 Å². The van der Waals surface area contributed by atoms with Gasteiger partial charge in [0.1, 0.15) is 0 Å². The molecule has 114 valence electrons. The van der Waals surface area contributed by atoms with E-state index >= 15 is 0 Å². The Bertz CT molecular complexity index is 330. The van der Waals surface area contributed by atoms with E-state index in [9.17, 15) is 4.79 Å². The van der Waals surface area contributed by atoms with Crippen molar-refractivity contribution in [2.24, 2.45) is 5.92 Å². The molecular formula is C14H25N3O3. The molecule has 0 radical (unpaired) electrons. The van der Waals surface area contributed by atoms with Crippen LogP contribution in [0, 0.1) is 17.2 Å². The molecule has 6 heteroatoms. The maximum absolute atomic E-state index is 11.6. The highest BCUT2D eigenvalue weighted by molar-refractivity contribution is 5.69. The van der Waals surface area contributed by atoms with Crippen LogP contribution in [0.4, 0.5) is 0 Å². The van der Waals surface area contributed by atoms with Crippen LogP contribution in [0.1, 0.15) is 26.2 Å². The fraction of sp³-hybridized carbons (Fsp3) is 0.857. The zero-order valence-corrected chi connectivity index (χ0v) is 12.2. The molecule has 6 nitrogen and oxygen atoms in total. The second-order valence-corrected chi connectivity index (χ2v) is 5.19. The fourth-order valence-electron chi connectivity index (χ4n) is 2.67. The lowest BCUT2D eigenvalue weighted by Crippen LogP contribution is -2.50. The number of aliphatic hydroxyl groups excluding tert-OH is 1. The molecule has 2 atom stereocenters. The van der Waals surface area contributed by atoms with E-state index in [2.05, 4.69) is 16.3 Å². The zero-order valence-electron chi connectivity index (χ0n) is 12.2. The summed E-state index contributed by atoms with van der Waals surface area (Å²) in [5.41, 5.74) is 0. The van der Waals surface area contributed by atoms with Gasteiger partial charge in [-0.3, -0.25) is 9.69 Å². The van der Waals surface area contributed by atoms with Crippen LogP contribution in [0.5, 0.6) is 0 Å². The molecule has 1 aliphatic heterocycles. The number of carbonyl (C=O) groups is 1. The monoisotopic (exact) mass is 283 g/mol. The molecule has 0 aromatic carbocycles. The van der Waals surface area contributed by atoms with Crippen molar-refractivity contribution in [2.75, 3.05) is 39.4 Å². The van der Waals surface area contributed by atoms with E-state index in [1.54, 1.807) is 6.92 Å². The Morgan fingerprint density at radius 2 is 2.35 bits per heavy atom. The lowest BCUT2D eigenvalue weighted by molar-refractivity contribution is -0.144. The van der Waals surface area contributed by atoms with Crippen molar-refractivity contribution in [3.8, 4) is 6.07 Å². The van der Waals surface area contributed by atoms with Gasteiger partial charge in [-0.05, 0) is 32.2 Å². The molecule has 0 aromatic rings. The van der Waals surface area contributed by atoms with Gasteiger partial charge in [-0.2, -0.15) is 5.26 Å². The normalized spacial score (nSPS) is 23.2. The van der Waals surface area contributed by atoms with Gasteiger partial charge in [0.2, 0.25) is 0 Å². The Morgan fingerprint density at radius 1 is 1.55 bits per heavy atom. The first-order valence-corrected chi connectivity index (χ1v) is 7.28. The van der Waals surface area contributed by atoms with Gasteiger partial charge in [-0.1, -0.05) is 0 Å². The lowest BCUT2D eigenvalue weighted by Gasteiger charge is -2.36. The molecule has 0 amide bonds. The Hall–Kier alpha value is -1.16. The molecule has 0 saturated carbocycles. The van der Waals surface area contributed by atoms with Crippen molar-refractivity contribution < 1.29 is 14.6 Å². The predicted molar refractivity (Wildman–Crippen MR) is 74.9 cm³/mol. The summed E-state index contributed by atoms with van der Waals surface area (Å²) >= 11 is 0. The minimum absolute atomic E-state index is 0.162. The molecule has 0 aliphatic carbocycles. The maximum Gasteiger partial charge on any atom is 0.306 e. The van der Waals surface area contributed by atoms with Gasteiger partial charge in [-0.15, -0.1) is 0 Å². The number of ether oxygens (including phenoxy) is 1. The molecule has 2 unspecified atom stereocenters. The first-order valence-electron chi connectivity index (χ1n) is 7.28. The summed E-state index contributed by atoms with van der Waals surface area (Å²) in [4.78, 5) is 13.7. The van der Waals surface area contributed by atoms with Crippen LogP contribution in [-0.4, -0.2) is 61.4 Å². The van der Waals surface area contributed by atoms with E-state index in [0.717, 1.165) is 32.5 Å². The van der Waals surface area contributed by atoms with Gasteiger partial charge in [0.05, 0.1) is 19.2 Å². The van der Waals surface area contributed by atoms with E-state index in [4.69, 9.17) is 15.1 Å². The number of likely N-dealkylation sites (tertiary alicyclic amines) is 1. The van der Waals surface area contributed by atoms with E-state index in [-0.39, 0.29) is 24.5 Å². The summed E-state index contributed by atoms with van der Waals surface area (Å²) in [6, 6.07) is 2.43. The summed E-state index contributed by atoms with van der Waals surface area (Å²) < 4.78 is 5.00. The summed E-state index contributed by atoms with van der Waals surface area (Å²) in [7, 11) is 0. The highest BCUT2D eigenvalue weighted by atomic mass is 16.5. The van der Waals surface area contributed by atoms with E-state index in [0.29, 0.717) is 19.6 Å². The third-order valence-corrected chi connectivity index (χ3v) is 3.44. The molecule has 0 aromatic heterocycles. The number of hydrogen-bond acceptors (Lipinski definition) is 6. The number of nitriles is 1. The first-order chi connectivity index (χ1) is 9.69. The molecule has 0 spiro atoms. The largest absolute Gasteiger partial charge is 0.466 e. The zero-order chi connectivity index (χ0) is 14.8. The smallest absolute Gasteiger partial charge is 0.306 e. The Kier molecular flexibility index (Phi) is 8.19. The van der Waals surface area contributed by atoms with Crippen LogP contribution in [0.25, 0.3) is 0 Å². The van der Waals surface area contributed by atoms with Crippen LogP contribution >= 0.6 is 0 Å². The number of piperidine rings is 1. The summed E-state index contributed by atoms with van der Waals surface area (Å²) in [5, 5.41) is 21.0. The number of hydrogen-bond donors (Lipinski definition) is 2. The molecular weight excluding hydrogens is 258 g/mol. The number of nitrogens with one attached hydrogen (secondary N) is 1. The molecule has 1 fully saturated rings. The Labute approximate surface area is 120 Å². The highest BCUT2D eigenvalue weighted by Crippen LogP contribution is 2.20. The van der Waals surface area contributed by atoms with Crippen molar-refractivity contribution in [1.29, 1.82) is 5.26 Å². The summed E-state index contributed by atoms with van der Waals surface area (Å²) in [6.45, 7) is 5.12. The minimum atomic E-state index is -0.162. The van der Waals surface area contributed by atoms with Gasteiger partial charge in [0.15, 0.2) is 0 Å². The quantitative estimate of drug-likeness (QED) is 0.374. The lowest BCUT2D eigenvalue weighted by atomic mass is 9.91. The number of nitrogens with zero attached hydrogens (tertiary/aromatic N) is 2. The van der Waals surface area contributed by atoms with Crippen molar-refractivity contribution in [2.45, 2.75) is 32.2 Å². The first kappa shape index (κ1) is 16.9. The second kappa shape index (κ2) is 9.70. The number of carbonyl (C=O) groups excluding carboxylic acids is 1. The number of rotatable bonds is 8. The second-order valence-electron chi connectivity index (χ2n) is 5.19. The maximum atomic E-state index is 11.6. The van der Waals surface area contributed by atoms with Crippen LogP contribution in [-0.2, 0) is 9.53 Å². The van der Waals surface area contributed by atoms with Crippen molar-refractivity contribution in [3.63, 3.8) is 0 Å². The third-order valence-electron chi connectivity index (χ3n) is 3.44. The fourth-order valence-corrected chi connectivity index (χ4v) is 2.67. The van der Waals surface area contributed by atoms with E-state index < -0.39 is 0 Å². The van der Waals surface area contributed by atoms with Gasteiger partial charge in [-0.25, -0.2) is 0 Å². The van der Waals surface area contributed by atoms with E-state index in [1.807, 2.05) is 0 Å². The number of esters is 1. The van der Waals surface area contributed by atoms with Gasteiger partial charge >= 0.3 is 5.97 Å².